The summed E-state index contributed by atoms with van der Waals surface area (Å²) in [6.07, 6.45) is 0.927. The van der Waals surface area contributed by atoms with Crippen molar-refractivity contribution in [2.45, 2.75) is 0 Å². The molecule has 0 fully saturated rings. The van der Waals surface area contributed by atoms with Crippen molar-refractivity contribution in [2.24, 2.45) is 0 Å². The van der Waals surface area contributed by atoms with Gasteiger partial charge in [-0.2, -0.15) is 0 Å². The topological polar surface area (TPSA) is 72.8 Å². The van der Waals surface area contributed by atoms with Gasteiger partial charge in [0.2, 0.25) is 0 Å². The molecule has 0 saturated carbocycles. The van der Waals surface area contributed by atoms with E-state index in [0.29, 0.717) is 11.1 Å². The first-order valence-electron chi connectivity index (χ1n) is 5.20. The molecule has 0 radical (unpaired) electrons. The largest absolute Gasteiger partial charge is 0.478 e. The Morgan fingerprint density at radius 3 is 2.28 bits per heavy atom. The van der Waals surface area contributed by atoms with Crippen molar-refractivity contribution >= 4 is 19.1 Å². The van der Waals surface area contributed by atoms with Crippen molar-refractivity contribution in [2.75, 3.05) is 20.4 Å². The van der Waals surface area contributed by atoms with Gasteiger partial charge in [-0.1, -0.05) is 30.3 Å². The van der Waals surface area contributed by atoms with Crippen LogP contribution in [0.4, 0.5) is 0 Å². The average molecular weight is 270 g/mol. The first-order valence-corrected chi connectivity index (χ1v) is 6.93. The highest BCUT2D eigenvalue weighted by Crippen LogP contribution is 2.49. The minimum Gasteiger partial charge on any atom is -0.478 e. The molecule has 18 heavy (non-hydrogen) atoms. The number of carbonyl (C=O) groups is 1. The molecule has 1 N–H and O–H groups in total. The summed E-state index contributed by atoms with van der Waals surface area (Å²) >= 11 is 0. The smallest absolute Gasteiger partial charge is 0.334 e. The predicted octanol–water partition coefficient (Wildman–Crippen LogP) is 2.64. The number of carboxylic acids is 1. The maximum atomic E-state index is 12.0. The molecule has 6 heteroatoms. The number of hydrogen-bond donors (Lipinski definition) is 1. The molecule has 0 aliphatic carbocycles. The lowest BCUT2D eigenvalue weighted by molar-refractivity contribution is -0.131. The van der Waals surface area contributed by atoms with Gasteiger partial charge in [0.25, 0.3) is 0 Å². The summed E-state index contributed by atoms with van der Waals surface area (Å²) in [5.41, 5.74) is 1.07. The van der Waals surface area contributed by atoms with Gasteiger partial charge in [-0.3, -0.25) is 4.57 Å². The molecule has 0 atom stereocenters. The molecule has 1 rings (SSSR count). The Kier molecular flexibility index (Phi) is 5.28. The summed E-state index contributed by atoms with van der Waals surface area (Å²) in [6.45, 7) is 0. The summed E-state index contributed by atoms with van der Waals surface area (Å²) in [6, 6.07) is 8.84. The fraction of sp³-hybridized carbons (Fsp3) is 0.250. The first kappa shape index (κ1) is 14.6. The summed E-state index contributed by atoms with van der Waals surface area (Å²) in [7, 11) is -0.748. The molecule has 0 heterocycles. The lowest BCUT2D eigenvalue weighted by Crippen LogP contribution is -2.01. The van der Waals surface area contributed by atoms with Crippen LogP contribution in [0.2, 0.25) is 0 Å². The van der Waals surface area contributed by atoms with E-state index in [1.165, 1.54) is 14.2 Å². The molecule has 0 saturated heterocycles. The summed E-state index contributed by atoms with van der Waals surface area (Å²) in [5.74, 6) is -1.10. The molecule has 0 amide bonds. The fourth-order valence-corrected chi connectivity index (χ4v) is 2.53. The van der Waals surface area contributed by atoms with Crippen molar-refractivity contribution in [1.82, 2.24) is 0 Å². The highest BCUT2D eigenvalue weighted by molar-refractivity contribution is 7.54. The van der Waals surface area contributed by atoms with Gasteiger partial charge >= 0.3 is 13.6 Å². The number of benzene rings is 1. The fourth-order valence-electron chi connectivity index (χ4n) is 1.43. The number of aliphatic carboxylic acids is 1. The molecular formula is C12H15O5P. The number of allylic oxidation sites excluding steroid dienone is 1. The molecular weight excluding hydrogens is 255 g/mol. The molecule has 0 unspecified atom stereocenters. The zero-order valence-corrected chi connectivity index (χ0v) is 11.1. The van der Waals surface area contributed by atoms with E-state index in [9.17, 15) is 9.36 Å². The molecule has 0 aliphatic rings. The predicted molar refractivity (Wildman–Crippen MR) is 68.5 cm³/mol. The van der Waals surface area contributed by atoms with Crippen LogP contribution < -0.4 is 0 Å². The van der Waals surface area contributed by atoms with Crippen molar-refractivity contribution in [3.05, 3.63) is 42.0 Å². The summed E-state index contributed by atoms with van der Waals surface area (Å²) in [5, 5.41) is 8.84. The standard InChI is InChI=1S/C12H15O5P/c1-16-18(15,17-2)9-11(8-12(13)14)10-6-4-3-5-7-10/h3-8H,9H2,1-2H3,(H,13,14). The van der Waals surface area contributed by atoms with E-state index in [0.717, 1.165) is 6.08 Å². The molecule has 5 nitrogen and oxygen atoms in total. The van der Waals surface area contributed by atoms with Crippen molar-refractivity contribution < 1.29 is 23.5 Å². The van der Waals surface area contributed by atoms with E-state index >= 15 is 0 Å². The molecule has 0 bridgehead atoms. The monoisotopic (exact) mass is 270 g/mol. The average Bonchev–Trinajstić information content (AvgIpc) is 2.38. The third-order valence-corrected chi connectivity index (χ3v) is 4.20. The Labute approximate surface area is 106 Å². The van der Waals surface area contributed by atoms with Crippen LogP contribution in [0.3, 0.4) is 0 Å². The zero-order valence-electron chi connectivity index (χ0n) is 10.2. The minimum atomic E-state index is -3.29. The van der Waals surface area contributed by atoms with E-state index in [1.807, 2.05) is 6.07 Å². The van der Waals surface area contributed by atoms with E-state index < -0.39 is 13.6 Å². The summed E-state index contributed by atoms with van der Waals surface area (Å²) in [4.78, 5) is 10.8. The highest BCUT2D eigenvalue weighted by Gasteiger charge is 2.24. The van der Waals surface area contributed by atoms with Crippen LogP contribution in [0.1, 0.15) is 5.56 Å². The van der Waals surface area contributed by atoms with Crippen LogP contribution in [-0.4, -0.2) is 31.5 Å². The van der Waals surface area contributed by atoms with Crippen LogP contribution in [0.25, 0.3) is 5.57 Å². The Bertz CT molecular complexity index is 473. The minimum absolute atomic E-state index is 0.0870. The second-order valence-electron chi connectivity index (χ2n) is 3.51. The lowest BCUT2D eigenvalue weighted by atomic mass is 10.1. The Balaban J connectivity index is 3.09. The second kappa shape index (κ2) is 6.50. The molecule has 98 valence electrons. The van der Waals surface area contributed by atoms with E-state index in [1.54, 1.807) is 24.3 Å². The third kappa shape index (κ3) is 4.11. The van der Waals surface area contributed by atoms with Gasteiger partial charge in [-0.15, -0.1) is 0 Å². The van der Waals surface area contributed by atoms with Gasteiger partial charge in [0.05, 0.1) is 6.16 Å². The molecule has 1 aromatic carbocycles. The normalized spacial score (nSPS) is 12.4. The van der Waals surface area contributed by atoms with Crippen molar-refractivity contribution in [3.8, 4) is 0 Å². The van der Waals surface area contributed by atoms with Crippen LogP contribution >= 0.6 is 7.60 Å². The zero-order chi connectivity index (χ0) is 13.6. The number of hydrogen-bond acceptors (Lipinski definition) is 4. The van der Waals surface area contributed by atoms with Gasteiger partial charge in [-0.25, -0.2) is 4.79 Å². The lowest BCUT2D eigenvalue weighted by Gasteiger charge is -2.15. The van der Waals surface area contributed by atoms with Crippen molar-refractivity contribution in [3.63, 3.8) is 0 Å². The first-order chi connectivity index (χ1) is 8.50. The highest BCUT2D eigenvalue weighted by atomic mass is 31.2. The third-order valence-electron chi connectivity index (χ3n) is 2.36. The van der Waals surface area contributed by atoms with Crippen LogP contribution in [-0.2, 0) is 18.4 Å². The van der Waals surface area contributed by atoms with Crippen molar-refractivity contribution in [1.29, 1.82) is 0 Å². The number of carboxylic acid groups (broad SMARTS) is 1. The molecule has 1 aromatic rings. The Morgan fingerprint density at radius 2 is 1.83 bits per heavy atom. The van der Waals surface area contributed by atoms with Gasteiger partial charge in [0, 0.05) is 20.3 Å². The summed E-state index contributed by atoms with van der Waals surface area (Å²) < 4.78 is 21.7. The van der Waals surface area contributed by atoms with Gasteiger partial charge < -0.3 is 14.2 Å². The SMILES string of the molecule is COP(=O)(CC(=CC(=O)O)c1ccccc1)OC. The Morgan fingerprint density at radius 1 is 1.28 bits per heavy atom. The second-order valence-corrected chi connectivity index (χ2v) is 5.78. The van der Waals surface area contributed by atoms with Crippen LogP contribution in [0.5, 0.6) is 0 Å². The van der Waals surface area contributed by atoms with Crippen LogP contribution in [0, 0.1) is 0 Å². The molecule has 0 aliphatic heterocycles. The maximum Gasteiger partial charge on any atom is 0.334 e. The maximum absolute atomic E-state index is 12.0. The van der Waals surface area contributed by atoms with E-state index in [4.69, 9.17) is 14.2 Å². The van der Waals surface area contributed by atoms with Crippen LogP contribution in [0.15, 0.2) is 36.4 Å². The van der Waals surface area contributed by atoms with E-state index in [-0.39, 0.29) is 6.16 Å². The molecule has 0 aromatic heterocycles. The quantitative estimate of drug-likeness (QED) is 0.635. The number of rotatable bonds is 6. The van der Waals surface area contributed by atoms with Gasteiger partial charge in [0.15, 0.2) is 0 Å². The van der Waals surface area contributed by atoms with E-state index in [2.05, 4.69) is 0 Å². The Hall–Kier alpha value is -1.42. The van der Waals surface area contributed by atoms with Gasteiger partial charge in [0.1, 0.15) is 0 Å². The molecule has 0 spiro atoms. The van der Waals surface area contributed by atoms with Gasteiger partial charge in [-0.05, 0) is 11.1 Å².